The van der Waals surface area contributed by atoms with Gasteiger partial charge in [0.15, 0.2) is 0 Å². The van der Waals surface area contributed by atoms with Gasteiger partial charge in [0.1, 0.15) is 17.6 Å². The lowest BCUT2D eigenvalue weighted by Gasteiger charge is -2.39. The van der Waals surface area contributed by atoms with Crippen molar-refractivity contribution in [2.24, 2.45) is 17.8 Å². The predicted molar refractivity (Wildman–Crippen MR) is 154 cm³/mol. The first-order valence-corrected chi connectivity index (χ1v) is 14.4. The van der Waals surface area contributed by atoms with E-state index in [9.17, 15) is 19.5 Å². The number of esters is 1. The molecular weight excluding hydrogens is 508 g/mol. The van der Waals surface area contributed by atoms with Gasteiger partial charge in [0, 0.05) is 12.2 Å². The van der Waals surface area contributed by atoms with E-state index in [1.165, 1.54) is 4.90 Å². The Balaban J connectivity index is 1.77. The summed E-state index contributed by atoms with van der Waals surface area (Å²) in [4.78, 5) is 45.6. The van der Waals surface area contributed by atoms with E-state index in [2.05, 4.69) is 13.2 Å². The van der Waals surface area contributed by atoms with Crippen LogP contribution in [0.3, 0.4) is 0 Å². The highest BCUT2D eigenvalue weighted by Crippen LogP contribution is 2.65. The van der Waals surface area contributed by atoms with Crippen LogP contribution in [0.15, 0.2) is 43.5 Å². The summed E-state index contributed by atoms with van der Waals surface area (Å²) in [5, 5.41) is 10.2. The number of hydrogen-bond acceptors (Lipinski definition) is 6. The number of fused-ring (bicyclic) bond motifs is 1. The Kier molecular flexibility index (Phi) is 8.62. The Hall–Kier alpha value is -2.97. The third-order valence-electron chi connectivity index (χ3n) is 9.26. The second kappa shape index (κ2) is 11.5. The van der Waals surface area contributed by atoms with E-state index in [4.69, 9.17) is 9.47 Å². The van der Waals surface area contributed by atoms with Crippen LogP contribution < -0.4 is 4.90 Å². The maximum atomic E-state index is 14.7. The number of ether oxygens (including phenoxy) is 2. The minimum Gasteiger partial charge on any atom is -0.465 e. The van der Waals surface area contributed by atoms with Gasteiger partial charge in [-0.15, -0.1) is 13.2 Å². The molecule has 1 aromatic rings. The number of hydrogen-bond donors (Lipinski definition) is 1. The summed E-state index contributed by atoms with van der Waals surface area (Å²) in [6.45, 7) is 17.3. The van der Waals surface area contributed by atoms with Gasteiger partial charge in [-0.25, -0.2) is 0 Å². The highest BCUT2D eigenvalue weighted by atomic mass is 16.6. The minimum atomic E-state index is -1.21. The number of rotatable bonds is 12. The van der Waals surface area contributed by atoms with E-state index in [1.54, 1.807) is 17.9 Å². The molecule has 3 unspecified atom stereocenters. The van der Waals surface area contributed by atoms with Crippen LogP contribution in [0.2, 0.25) is 0 Å². The maximum absolute atomic E-state index is 14.7. The molecule has 0 aliphatic carbocycles. The van der Waals surface area contributed by atoms with Crippen molar-refractivity contribution in [3.05, 3.63) is 54.6 Å². The van der Waals surface area contributed by atoms with Gasteiger partial charge in [-0.1, -0.05) is 31.2 Å². The molecule has 1 aromatic carbocycles. The third-order valence-corrected chi connectivity index (χ3v) is 9.26. The van der Waals surface area contributed by atoms with Gasteiger partial charge in [0.2, 0.25) is 5.91 Å². The first kappa shape index (κ1) is 30.0. The number of carbonyl (C=O) groups is 3. The second-order valence-corrected chi connectivity index (χ2v) is 12.0. The van der Waals surface area contributed by atoms with Gasteiger partial charge in [0.25, 0.3) is 5.91 Å². The molecule has 8 nitrogen and oxygen atoms in total. The van der Waals surface area contributed by atoms with Crippen molar-refractivity contribution in [2.45, 2.75) is 83.6 Å². The number of aryl methyl sites for hydroxylation is 2. The van der Waals surface area contributed by atoms with E-state index in [-0.39, 0.29) is 37.5 Å². The van der Waals surface area contributed by atoms with Crippen molar-refractivity contribution in [3.8, 4) is 0 Å². The lowest BCUT2D eigenvalue weighted by Crippen LogP contribution is -2.58. The van der Waals surface area contributed by atoms with Crippen molar-refractivity contribution in [1.82, 2.24) is 4.90 Å². The number of allylic oxidation sites excluding steroid dienone is 1. The van der Waals surface area contributed by atoms with Gasteiger partial charge in [-0.05, 0) is 76.5 Å². The van der Waals surface area contributed by atoms with Crippen LogP contribution in [-0.2, 0) is 23.9 Å². The molecule has 3 aliphatic rings. The molecule has 0 saturated carbocycles. The Morgan fingerprint density at radius 1 is 1.27 bits per heavy atom. The molecule has 3 fully saturated rings. The summed E-state index contributed by atoms with van der Waals surface area (Å²) in [5.41, 5.74) is 0.479. The fraction of sp³-hybridized carbons (Fsp3) is 0.594. The van der Waals surface area contributed by atoms with Gasteiger partial charge in [-0.2, -0.15) is 0 Å². The van der Waals surface area contributed by atoms with E-state index in [0.717, 1.165) is 29.7 Å². The lowest BCUT2D eigenvalue weighted by molar-refractivity contribution is -0.162. The number of likely N-dealkylation sites (tertiary alicyclic amines) is 1. The highest BCUT2D eigenvalue weighted by Gasteiger charge is 2.80. The van der Waals surface area contributed by atoms with Gasteiger partial charge in [-0.3, -0.25) is 14.4 Å². The lowest BCUT2D eigenvalue weighted by atomic mass is 9.62. The van der Waals surface area contributed by atoms with E-state index >= 15 is 0 Å². The summed E-state index contributed by atoms with van der Waals surface area (Å²) < 4.78 is 12.5. The fourth-order valence-corrected chi connectivity index (χ4v) is 7.12. The van der Waals surface area contributed by atoms with Crippen molar-refractivity contribution >= 4 is 23.5 Å². The van der Waals surface area contributed by atoms with Crippen LogP contribution >= 0.6 is 0 Å². The number of aliphatic hydroxyl groups is 1. The summed E-state index contributed by atoms with van der Waals surface area (Å²) in [6.07, 6.45) is 6.33. The molecule has 1 spiro atoms. The Morgan fingerprint density at radius 3 is 2.65 bits per heavy atom. The zero-order valence-corrected chi connectivity index (χ0v) is 24.5. The zero-order valence-electron chi connectivity index (χ0n) is 24.5. The number of nitrogens with zero attached hydrogens (tertiary/aromatic N) is 2. The Labute approximate surface area is 238 Å². The first-order valence-electron chi connectivity index (χ1n) is 14.4. The standard InChI is InChI=1S/C32H44N2O6/c1-8-10-11-12-16-39-30(38)26-25-28(36)34(23(6)19-35)27(32(25)18-22(5)31(26,7)40-32)29(37)33(15-9-2)24-17-20(3)13-14-21(24)4/h8-9,13-14,17,22-23,25-27,35H,1-2,10-12,15-16,18-19H2,3-7H3/t22?,23-,25+,26+,27?,31-,32?/m1/s1. The molecule has 2 bridgehead atoms. The average Bonchev–Trinajstić information content (AvgIpc) is 3.44. The topological polar surface area (TPSA) is 96.4 Å². The molecule has 3 saturated heterocycles. The van der Waals surface area contributed by atoms with Crippen LogP contribution in [0.1, 0.15) is 57.6 Å². The quantitative estimate of drug-likeness (QED) is 0.238. The van der Waals surface area contributed by atoms with Crippen LogP contribution in [0.5, 0.6) is 0 Å². The zero-order chi connectivity index (χ0) is 29.4. The van der Waals surface area contributed by atoms with Crippen molar-refractivity contribution < 1.29 is 29.0 Å². The largest absolute Gasteiger partial charge is 0.465 e. The van der Waals surface area contributed by atoms with Crippen molar-refractivity contribution in [3.63, 3.8) is 0 Å². The Morgan fingerprint density at radius 2 is 2.00 bits per heavy atom. The molecule has 218 valence electrons. The minimum absolute atomic E-state index is 0.0943. The van der Waals surface area contributed by atoms with Crippen LogP contribution in [0.25, 0.3) is 0 Å². The van der Waals surface area contributed by atoms with Crippen LogP contribution in [0.4, 0.5) is 5.69 Å². The number of aliphatic hydroxyl groups excluding tert-OH is 1. The van der Waals surface area contributed by atoms with Gasteiger partial charge >= 0.3 is 5.97 Å². The second-order valence-electron chi connectivity index (χ2n) is 12.0. The smallest absolute Gasteiger partial charge is 0.312 e. The third kappa shape index (κ3) is 4.69. The summed E-state index contributed by atoms with van der Waals surface area (Å²) in [7, 11) is 0. The molecule has 0 aromatic heterocycles. The van der Waals surface area contributed by atoms with Crippen LogP contribution in [0, 0.1) is 31.6 Å². The van der Waals surface area contributed by atoms with Gasteiger partial charge in [0.05, 0.1) is 30.8 Å². The molecule has 3 heterocycles. The molecule has 7 atom stereocenters. The van der Waals surface area contributed by atoms with E-state index < -0.39 is 41.1 Å². The molecule has 0 radical (unpaired) electrons. The summed E-state index contributed by atoms with van der Waals surface area (Å²) >= 11 is 0. The highest BCUT2D eigenvalue weighted by molar-refractivity contribution is 6.05. The summed E-state index contributed by atoms with van der Waals surface area (Å²) in [6, 6.07) is 4.24. The number of anilines is 1. The number of amides is 2. The van der Waals surface area contributed by atoms with Crippen molar-refractivity contribution in [2.75, 3.05) is 24.7 Å². The molecule has 40 heavy (non-hydrogen) atoms. The monoisotopic (exact) mass is 552 g/mol. The fourth-order valence-electron chi connectivity index (χ4n) is 7.12. The molecular formula is C32H44N2O6. The summed E-state index contributed by atoms with van der Waals surface area (Å²) in [5.74, 6) is -2.93. The SMILES string of the molecule is C=CCCCCOC(=O)[C@@H]1[C@H]2C(=O)N([C@H](C)CO)C(C(=O)N(CC=C)c3cc(C)ccc3C)C23CC(C)[C@@]1(C)O3. The van der Waals surface area contributed by atoms with Crippen LogP contribution in [-0.4, -0.2) is 70.8 Å². The maximum Gasteiger partial charge on any atom is 0.312 e. The van der Waals surface area contributed by atoms with E-state index in [0.29, 0.717) is 12.8 Å². The normalized spacial score (nSPS) is 31.1. The average molecular weight is 553 g/mol. The number of benzene rings is 1. The molecule has 4 rings (SSSR count). The molecule has 1 N–H and O–H groups in total. The first-order chi connectivity index (χ1) is 19.0. The van der Waals surface area contributed by atoms with Crippen molar-refractivity contribution in [1.29, 1.82) is 0 Å². The number of unbranched alkanes of at least 4 members (excludes halogenated alkanes) is 2. The molecule has 2 amide bonds. The van der Waals surface area contributed by atoms with Gasteiger partial charge < -0.3 is 24.4 Å². The Bertz CT molecular complexity index is 1180. The van der Waals surface area contributed by atoms with E-state index in [1.807, 2.05) is 52.0 Å². The molecule has 3 aliphatic heterocycles. The molecule has 8 heteroatoms. The predicted octanol–water partition coefficient (Wildman–Crippen LogP) is 4.11. The number of carbonyl (C=O) groups excluding carboxylic acids is 3.